The Hall–Kier alpha value is -1.58. The Morgan fingerprint density at radius 1 is 1.26 bits per heavy atom. The summed E-state index contributed by atoms with van der Waals surface area (Å²) >= 11 is 0. The van der Waals surface area contributed by atoms with Gasteiger partial charge in [0.15, 0.2) is 0 Å². The molecule has 1 aliphatic rings. The molecule has 0 radical (unpaired) electrons. The van der Waals surface area contributed by atoms with Crippen LogP contribution < -0.4 is 5.32 Å². The van der Waals surface area contributed by atoms with Crippen molar-refractivity contribution < 1.29 is 4.92 Å². The van der Waals surface area contributed by atoms with Crippen LogP contribution in [0.5, 0.6) is 0 Å². The van der Waals surface area contributed by atoms with Crippen LogP contribution in [-0.2, 0) is 0 Å². The highest BCUT2D eigenvalue weighted by Crippen LogP contribution is 2.33. The maximum absolute atomic E-state index is 11.1. The first kappa shape index (κ1) is 13.8. The Morgan fingerprint density at radius 2 is 2.00 bits per heavy atom. The fourth-order valence-corrected chi connectivity index (χ4v) is 2.82. The van der Waals surface area contributed by atoms with Crippen LogP contribution in [0.3, 0.4) is 0 Å². The zero-order chi connectivity index (χ0) is 14.0. The summed E-state index contributed by atoms with van der Waals surface area (Å²) < 4.78 is 0. The van der Waals surface area contributed by atoms with E-state index in [4.69, 9.17) is 0 Å². The lowest BCUT2D eigenvalue weighted by Gasteiger charge is -2.33. The highest BCUT2D eigenvalue weighted by Gasteiger charge is 2.26. The van der Waals surface area contributed by atoms with Crippen LogP contribution >= 0.6 is 0 Å². The van der Waals surface area contributed by atoms with Gasteiger partial charge in [-0.15, -0.1) is 0 Å². The van der Waals surface area contributed by atoms with Gasteiger partial charge in [0.2, 0.25) is 0 Å². The number of nitro groups is 1. The summed E-state index contributed by atoms with van der Waals surface area (Å²) in [5.41, 5.74) is 1.89. The van der Waals surface area contributed by atoms with Gasteiger partial charge in [0.05, 0.1) is 4.92 Å². The molecule has 1 aromatic carbocycles. The molecule has 104 valence electrons. The van der Waals surface area contributed by atoms with Crippen molar-refractivity contribution in [2.75, 3.05) is 5.32 Å². The molecule has 0 heterocycles. The Kier molecular flexibility index (Phi) is 4.08. The van der Waals surface area contributed by atoms with E-state index in [1.165, 1.54) is 6.42 Å². The number of hydrogen-bond donors (Lipinski definition) is 1. The molecule has 3 unspecified atom stereocenters. The highest BCUT2D eigenvalue weighted by molar-refractivity contribution is 5.63. The number of anilines is 1. The maximum atomic E-state index is 11.1. The van der Waals surface area contributed by atoms with Gasteiger partial charge < -0.3 is 5.32 Å². The lowest BCUT2D eigenvalue weighted by Crippen LogP contribution is -2.30. The quantitative estimate of drug-likeness (QED) is 0.658. The zero-order valence-corrected chi connectivity index (χ0v) is 11.8. The maximum Gasteiger partial charge on any atom is 0.292 e. The van der Waals surface area contributed by atoms with Crippen molar-refractivity contribution in [1.82, 2.24) is 0 Å². The van der Waals surface area contributed by atoms with E-state index < -0.39 is 0 Å². The van der Waals surface area contributed by atoms with Crippen LogP contribution in [0.25, 0.3) is 0 Å². The summed E-state index contributed by atoms with van der Waals surface area (Å²) in [6.07, 6.45) is 3.38. The third kappa shape index (κ3) is 3.25. The largest absolute Gasteiger partial charge is 0.377 e. The van der Waals surface area contributed by atoms with E-state index in [1.807, 2.05) is 13.0 Å². The molecule has 4 heteroatoms. The van der Waals surface area contributed by atoms with E-state index in [-0.39, 0.29) is 10.6 Å². The van der Waals surface area contributed by atoms with E-state index in [0.29, 0.717) is 17.6 Å². The standard InChI is InChI=1S/C15H22N2O2/c1-10-4-7-15(17(18)19)14(8-10)16-13-6-5-11(2)12(3)9-13/h4,7-8,11-13,16H,5-6,9H2,1-3H3. The first-order valence-corrected chi connectivity index (χ1v) is 6.99. The number of hydrogen-bond acceptors (Lipinski definition) is 3. The van der Waals surface area contributed by atoms with E-state index in [9.17, 15) is 10.1 Å². The van der Waals surface area contributed by atoms with Crippen molar-refractivity contribution in [1.29, 1.82) is 0 Å². The summed E-state index contributed by atoms with van der Waals surface area (Å²) in [6.45, 7) is 6.51. The minimum absolute atomic E-state index is 0.178. The van der Waals surface area contributed by atoms with Crippen LogP contribution in [0.2, 0.25) is 0 Å². The first-order valence-electron chi connectivity index (χ1n) is 6.99. The molecule has 1 aliphatic carbocycles. The second kappa shape index (κ2) is 5.59. The van der Waals surface area contributed by atoms with Crippen molar-refractivity contribution in [3.63, 3.8) is 0 Å². The van der Waals surface area contributed by atoms with Gasteiger partial charge >= 0.3 is 0 Å². The molecule has 3 atom stereocenters. The van der Waals surface area contributed by atoms with Gasteiger partial charge in [-0.25, -0.2) is 0 Å². The number of nitro benzene ring substituents is 1. The van der Waals surface area contributed by atoms with Gasteiger partial charge in [-0.05, 0) is 49.7 Å². The number of benzene rings is 1. The van der Waals surface area contributed by atoms with Crippen LogP contribution in [0.4, 0.5) is 11.4 Å². The van der Waals surface area contributed by atoms with Crippen LogP contribution in [0, 0.1) is 28.9 Å². The third-order valence-corrected chi connectivity index (χ3v) is 4.31. The van der Waals surface area contributed by atoms with Crippen molar-refractivity contribution in [3.05, 3.63) is 33.9 Å². The average Bonchev–Trinajstić information content (AvgIpc) is 2.33. The first-order chi connectivity index (χ1) is 8.97. The summed E-state index contributed by atoms with van der Waals surface area (Å²) in [4.78, 5) is 10.7. The van der Waals surface area contributed by atoms with Gasteiger partial charge in [0.1, 0.15) is 5.69 Å². The summed E-state index contributed by atoms with van der Waals surface area (Å²) in [7, 11) is 0. The number of nitrogens with one attached hydrogen (secondary N) is 1. The SMILES string of the molecule is Cc1ccc([N+](=O)[O-])c(NC2CCC(C)C(C)C2)c1. The summed E-state index contributed by atoms with van der Waals surface area (Å²) in [5, 5.41) is 14.4. The highest BCUT2D eigenvalue weighted by atomic mass is 16.6. The van der Waals surface area contributed by atoms with E-state index in [0.717, 1.165) is 24.3 Å². The normalized spacial score (nSPS) is 27.0. The van der Waals surface area contributed by atoms with Crippen LogP contribution in [-0.4, -0.2) is 11.0 Å². The van der Waals surface area contributed by atoms with Gasteiger partial charge in [-0.3, -0.25) is 10.1 Å². The van der Waals surface area contributed by atoms with Crippen molar-refractivity contribution >= 4 is 11.4 Å². The Balaban J connectivity index is 2.14. The lowest BCUT2D eigenvalue weighted by molar-refractivity contribution is -0.384. The molecule has 0 saturated heterocycles. The molecule has 0 bridgehead atoms. The summed E-state index contributed by atoms with van der Waals surface area (Å²) in [6, 6.07) is 5.61. The molecule has 1 N–H and O–H groups in total. The number of nitrogens with zero attached hydrogens (tertiary/aromatic N) is 1. The molecule has 2 rings (SSSR count). The average molecular weight is 262 g/mol. The zero-order valence-electron chi connectivity index (χ0n) is 11.8. The molecule has 0 aliphatic heterocycles. The van der Waals surface area contributed by atoms with Crippen molar-refractivity contribution in [2.45, 2.75) is 46.1 Å². The molecule has 19 heavy (non-hydrogen) atoms. The second-order valence-electron chi connectivity index (χ2n) is 5.89. The van der Waals surface area contributed by atoms with E-state index >= 15 is 0 Å². The van der Waals surface area contributed by atoms with Gasteiger partial charge in [0.25, 0.3) is 5.69 Å². The molecule has 0 spiro atoms. The van der Waals surface area contributed by atoms with Gasteiger partial charge in [-0.2, -0.15) is 0 Å². The van der Waals surface area contributed by atoms with E-state index in [1.54, 1.807) is 12.1 Å². The minimum Gasteiger partial charge on any atom is -0.377 e. The van der Waals surface area contributed by atoms with Gasteiger partial charge in [0, 0.05) is 12.1 Å². The third-order valence-electron chi connectivity index (χ3n) is 4.31. The predicted molar refractivity (Wildman–Crippen MR) is 77.4 cm³/mol. The van der Waals surface area contributed by atoms with Crippen molar-refractivity contribution in [2.24, 2.45) is 11.8 Å². The molecular formula is C15H22N2O2. The molecule has 1 aromatic rings. The Bertz CT molecular complexity index is 473. The number of aryl methyl sites for hydroxylation is 1. The minimum atomic E-state index is -0.309. The summed E-state index contributed by atoms with van der Waals surface area (Å²) in [5.74, 6) is 1.43. The molecule has 0 aromatic heterocycles. The predicted octanol–water partition coefficient (Wildman–Crippen LogP) is 4.14. The van der Waals surface area contributed by atoms with Gasteiger partial charge in [-0.1, -0.05) is 19.9 Å². The molecular weight excluding hydrogens is 240 g/mol. The lowest BCUT2D eigenvalue weighted by atomic mass is 9.79. The molecule has 1 saturated carbocycles. The molecule has 4 nitrogen and oxygen atoms in total. The smallest absolute Gasteiger partial charge is 0.292 e. The molecule has 0 amide bonds. The Morgan fingerprint density at radius 3 is 2.63 bits per heavy atom. The fraction of sp³-hybridized carbons (Fsp3) is 0.600. The fourth-order valence-electron chi connectivity index (χ4n) is 2.82. The van der Waals surface area contributed by atoms with Crippen molar-refractivity contribution in [3.8, 4) is 0 Å². The van der Waals surface area contributed by atoms with Crippen LogP contribution in [0.1, 0.15) is 38.7 Å². The van der Waals surface area contributed by atoms with Crippen LogP contribution in [0.15, 0.2) is 18.2 Å². The van der Waals surface area contributed by atoms with E-state index in [2.05, 4.69) is 19.2 Å². The Labute approximate surface area is 114 Å². The number of rotatable bonds is 3. The molecule has 1 fully saturated rings. The second-order valence-corrected chi connectivity index (χ2v) is 5.89. The topological polar surface area (TPSA) is 55.2 Å². The monoisotopic (exact) mass is 262 g/mol.